The monoisotopic (exact) mass is 292 g/mol. The minimum absolute atomic E-state index is 0.219. The van der Waals surface area contributed by atoms with Gasteiger partial charge in [0.15, 0.2) is 0 Å². The summed E-state index contributed by atoms with van der Waals surface area (Å²) in [6.45, 7) is 3.74. The fourth-order valence-corrected chi connectivity index (χ4v) is 2.04. The Labute approximate surface area is 121 Å². The predicted octanol–water partition coefficient (Wildman–Crippen LogP) is 2.48. The van der Waals surface area contributed by atoms with Crippen LogP contribution in [0.25, 0.3) is 0 Å². The maximum atomic E-state index is 14.1. The first-order valence-corrected chi connectivity index (χ1v) is 6.76. The van der Waals surface area contributed by atoms with Gasteiger partial charge in [0.05, 0.1) is 18.0 Å². The van der Waals surface area contributed by atoms with E-state index in [0.29, 0.717) is 6.54 Å². The molecule has 0 fully saturated rings. The van der Waals surface area contributed by atoms with Crippen LogP contribution in [0.3, 0.4) is 0 Å². The van der Waals surface area contributed by atoms with Crippen LogP contribution in [0, 0.1) is 15.9 Å². The molecule has 0 radical (unpaired) electrons. The van der Waals surface area contributed by atoms with Gasteiger partial charge in [-0.2, -0.15) is 4.39 Å². The number of nitrogens with one attached hydrogen (secondary N) is 1. The number of nitro groups is 1. The fraction of sp³-hybridized carbons (Fsp3) is 0.357. The van der Waals surface area contributed by atoms with Crippen LogP contribution in [0.2, 0.25) is 0 Å². The Morgan fingerprint density at radius 2 is 2.29 bits per heavy atom. The van der Waals surface area contributed by atoms with Crippen molar-refractivity contribution in [3.8, 4) is 0 Å². The molecular formula is C14H17FN4O2. The number of nitro benzene ring substituents is 1. The molecule has 7 heteroatoms. The molecule has 0 aliphatic heterocycles. The minimum Gasteiger partial charge on any atom is -0.329 e. The molecule has 112 valence electrons. The van der Waals surface area contributed by atoms with Gasteiger partial charge in [-0.1, -0.05) is 19.1 Å². The van der Waals surface area contributed by atoms with Gasteiger partial charge >= 0.3 is 5.69 Å². The zero-order valence-electron chi connectivity index (χ0n) is 11.8. The minimum atomic E-state index is -0.788. The molecule has 0 saturated heterocycles. The zero-order valence-corrected chi connectivity index (χ0v) is 11.8. The van der Waals surface area contributed by atoms with Gasteiger partial charge in [0.1, 0.15) is 5.82 Å². The van der Waals surface area contributed by atoms with Crippen LogP contribution in [0.15, 0.2) is 30.6 Å². The number of hydrogen-bond donors (Lipinski definition) is 1. The van der Waals surface area contributed by atoms with Crippen molar-refractivity contribution < 1.29 is 9.31 Å². The summed E-state index contributed by atoms with van der Waals surface area (Å²) in [5, 5.41) is 14.0. The van der Waals surface area contributed by atoms with Gasteiger partial charge in [0.25, 0.3) is 0 Å². The van der Waals surface area contributed by atoms with E-state index in [9.17, 15) is 14.5 Å². The molecule has 2 rings (SSSR count). The Bertz CT molecular complexity index is 627. The number of halogens is 1. The summed E-state index contributed by atoms with van der Waals surface area (Å²) < 4.78 is 15.8. The van der Waals surface area contributed by atoms with Gasteiger partial charge in [-0.15, -0.1) is 0 Å². The number of imidazole rings is 1. The SMILES string of the molecule is CCCNCc1nccn1Cc1cccc([N+](=O)[O-])c1F. The fourth-order valence-electron chi connectivity index (χ4n) is 2.04. The molecule has 0 spiro atoms. The standard InChI is InChI=1S/C14H17FN4O2/c1-2-6-16-9-13-17-7-8-18(13)10-11-4-3-5-12(14(11)15)19(20)21/h3-5,7-8,16H,2,6,9-10H2,1H3. The van der Waals surface area contributed by atoms with Crippen molar-refractivity contribution in [3.63, 3.8) is 0 Å². The molecule has 21 heavy (non-hydrogen) atoms. The number of hydrogen-bond acceptors (Lipinski definition) is 4. The molecule has 1 N–H and O–H groups in total. The lowest BCUT2D eigenvalue weighted by atomic mass is 10.2. The summed E-state index contributed by atoms with van der Waals surface area (Å²) in [5.74, 6) is -0.0157. The van der Waals surface area contributed by atoms with E-state index in [1.54, 1.807) is 23.0 Å². The summed E-state index contributed by atoms with van der Waals surface area (Å²) in [5.41, 5.74) is -0.225. The van der Waals surface area contributed by atoms with Gasteiger partial charge in [0, 0.05) is 24.0 Å². The van der Waals surface area contributed by atoms with Crippen molar-refractivity contribution in [1.82, 2.24) is 14.9 Å². The molecule has 0 saturated carbocycles. The van der Waals surface area contributed by atoms with Crippen LogP contribution in [0.4, 0.5) is 10.1 Å². The van der Waals surface area contributed by atoms with Crippen molar-refractivity contribution in [2.75, 3.05) is 6.54 Å². The number of benzene rings is 1. The van der Waals surface area contributed by atoms with E-state index in [1.165, 1.54) is 6.07 Å². The molecule has 1 heterocycles. The second-order valence-corrected chi connectivity index (χ2v) is 4.66. The van der Waals surface area contributed by atoms with Crippen molar-refractivity contribution in [1.29, 1.82) is 0 Å². The highest BCUT2D eigenvalue weighted by atomic mass is 19.1. The summed E-state index contributed by atoms with van der Waals surface area (Å²) in [6, 6.07) is 4.20. The van der Waals surface area contributed by atoms with Crippen molar-refractivity contribution in [2.24, 2.45) is 0 Å². The zero-order chi connectivity index (χ0) is 15.2. The Morgan fingerprint density at radius 3 is 3.00 bits per heavy atom. The van der Waals surface area contributed by atoms with Gasteiger partial charge in [-0.25, -0.2) is 4.98 Å². The third kappa shape index (κ3) is 3.63. The highest BCUT2D eigenvalue weighted by Crippen LogP contribution is 2.21. The lowest BCUT2D eigenvalue weighted by Crippen LogP contribution is -2.18. The van der Waals surface area contributed by atoms with Gasteiger partial charge in [-0.3, -0.25) is 10.1 Å². The third-order valence-corrected chi connectivity index (χ3v) is 3.11. The lowest BCUT2D eigenvalue weighted by Gasteiger charge is -2.09. The molecule has 6 nitrogen and oxygen atoms in total. The number of aromatic nitrogens is 2. The Kier molecular flexibility index (Phi) is 4.99. The van der Waals surface area contributed by atoms with E-state index < -0.39 is 16.4 Å². The van der Waals surface area contributed by atoms with E-state index in [4.69, 9.17) is 0 Å². The molecule has 0 amide bonds. The highest BCUT2D eigenvalue weighted by Gasteiger charge is 2.17. The van der Waals surface area contributed by atoms with E-state index >= 15 is 0 Å². The molecule has 0 atom stereocenters. The second-order valence-electron chi connectivity index (χ2n) is 4.66. The molecule has 0 unspecified atom stereocenters. The topological polar surface area (TPSA) is 73.0 Å². The highest BCUT2D eigenvalue weighted by molar-refractivity contribution is 5.36. The first-order chi connectivity index (χ1) is 10.1. The second kappa shape index (κ2) is 6.94. The van der Waals surface area contributed by atoms with Crippen molar-refractivity contribution in [3.05, 3.63) is 57.9 Å². The summed E-state index contributed by atoms with van der Waals surface area (Å²) in [4.78, 5) is 14.3. The van der Waals surface area contributed by atoms with Crippen LogP contribution in [0.1, 0.15) is 24.7 Å². The first-order valence-electron chi connectivity index (χ1n) is 6.76. The van der Waals surface area contributed by atoms with Gasteiger partial charge in [-0.05, 0) is 13.0 Å². The molecule has 1 aromatic heterocycles. The van der Waals surface area contributed by atoms with Crippen LogP contribution < -0.4 is 5.32 Å². The van der Waals surface area contributed by atoms with Crippen LogP contribution in [-0.2, 0) is 13.1 Å². The van der Waals surface area contributed by atoms with Crippen LogP contribution >= 0.6 is 0 Å². The summed E-state index contributed by atoms with van der Waals surface area (Å²) >= 11 is 0. The largest absolute Gasteiger partial charge is 0.329 e. The first kappa shape index (κ1) is 15.1. The van der Waals surface area contributed by atoms with E-state index in [1.807, 2.05) is 0 Å². The molecular weight excluding hydrogens is 275 g/mol. The third-order valence-electron chi connectivity index (χ3n) is 3.11. The van der Waals surface area contributed by atoms with Crippen molar-refractivity contribution >= 4 is 5.69 Å². The molecule has 1 aromatic carbocycles. The molecule has 0 bridgehead atoms. The predicted molar refractivity (Wildman–Crippen MR) is 76.4 cm³/mol. The number of rotatable bonds is 7. The molecule has 0 aliphatic carbocycles. The summed E-state index contributed by atoms with van der Waals surface area (Å²) in [7, 11) is 0. The Morgan fingerprint density at radius 1 is 1.48 bits per heavy atom. The lowest BCUT2D eigenvalue weighted by molar-refractivity contribution is -0.387. The smallest absolute Gasteiger partial charge is 0.305 e. The maximum absolute atomic E-state index is 14.1. The van der Waals surface area contributed by atoms with Crippen molar-refractivity contribution in [2.45, 2.75) is 26.4 Å². The Hall–Kier alpha value is -2.28. The number of nitrogens with zero attached hydrogens (tertiary/aromatic N) is 3. The molecule has 0 aliphatic rings. The average molecular weight is 292 g/mol. The van der Waals surface area contributed by atoms with E-state index in [0.717, 1.165) is 24.9 Å². The molecule has 2 aromatic rings. The Balaban J connectivity index is 2.17. The van der Waals surface area contributed by atoms with Crippen LogP contribution in [0.5, 0.6) is 0 Å². The van der Waals surface area contributed by atoms with E-state index in [-0.39, 0.29) is 12.1 Å². The van der Waals surface area contributed by atoms with Gasteiger partial charge in [0.2, 0.25) is 5.82 Å². The van der Waals surface area contributed by atoms with E-state index in [2.05, 4.69) is 17.2 Å². The average Bonchev–Trinajstić information content (AvgIpc) is 2.88. The summed E-state index contributed by atoms with van der Waals surface area (Å²) in [6.07, 6.45) is 4.39. The maximum Gasteiger partial charge on any atom is 0.305 e. The van der Waals surface area contributed by atoms with Gasteiger partial charge < -0.3 is 9.88 Å². The quantitative estimate of drug-likeness (QED) is 0.483. The van der Waals surface area contributed by atoms with Crippen LogP contribution in [-0.4, -0.2) is 21.0 Å². The normalized spacial score (nSPS) is 10.8.